The average molecular weight is 493 g/mol. The molecular weight excluding hydrogens is 470 g/mol. The summed E-state index contributed by atoms with van der Waals surface area (Å²) in [6.07, 6.45) is 2.50. The minimum absolute atomic E-state index is 0.198. The Morgan fingerprint density at radius 2 is 2.06 bits per heavy atom. The van der Waals surface area contributed by atoms with Crippen molar-refractivity contribution in [3.63, 3.8) is 0 Å². The Kier molecular flexibility index (Phi) is 8.68. The zero-order valence-corrected chi connectivity index (χ0v) is 19.3. The minimum atomic E-state index is -0.866. The number of ether oxygens (including phenoxy) is 1. The molecule has 0 radical (unpaired) electrons. The number of halogens is 3. The monoisotopic (exact) mass is 492 g/mol. The van der Waals surface area contributed by atoms with Gasteiger partial charge in [-0.2, -0.15) is 0 Å². The highest BCUT2D eigenvalue weighted by molar-refractivity contribution is 6.34. The molecule has 0 bridgehead atoms. The molecule has 1 aromatic heterocycles. The molecule has 0 aliphatic carbocycles. The lowest BCUT2D eigenvalue weighted by Gasteiger charge is -2.18. The van der Waals surface area contributed by atoms with Gasteiger partial charge in [0.05, 0.1) is 23.9 Å². The fourth-order valence-corrected chi connectivity index (χ4v) is 3.64. The Morgan fingerprint density at radius 3 is 2.79 bits per heavy atom. The molecule has 33 heavy (non-hydrogen) atoms. The molecule has 0 spiro atoms. The third kappa shape index (κ3) is 6.46. The SMILES string of the molecule is COc1cccc(Cl)c1C(=O)NC(CCCNC(=N)CF)c1ncc(-c2cccc(Cl)c2)o1. The number of methoxy groups -OCH3 is 1. The molecular formula is C23H23Cl2FN4O3. The van der Waals surface area contributed by atoms with Crippen LogP contribution in [0.2, 0.25) is 10.0 Å². The Bertz CT molecular complexity index is 1120. The second-order valence-corrected chi connectivity index (χ2v) is 7.94. The lowest BCUT2D eigenvalue weighted by atomic mass is 10.1. The van der Waals surface area contributed by atoms with Crippen LogP contribution < -0.4 is 15.4 Å². The van der Waals surface area contributed by atoms with Crippen molar-refractivity contribution >= 4 is 34.9 Å². The summed E-state index contributed by atoms with van der Waals surface area (Å²) in [5, 5.41) is 13.8. The van der Waals surface area contributed by atoms with E-state index in [-0.39, 0.29) is 16.4 Å². The number of benzene rings is 2. The normalized spacial score (nSPS) is 11.6. The van der Waals surface area contributed by atoms with E-state index in [0.29, 0.717) is 41.8 Å². The number of rotatable bonds is 10. The van der Waals surface area contributed by atoms with E-state index in [0.717, 1.165) is 5.56 Å². The van der Waals surface area contributed by atoms with Crippen molar-refractivity contribution in [3.05, 3.63) is 70.2 Å². The summed E-state index contributed by atoms with van der Waals surface area (Å²) in [6, 6.07) is 11.5. The maximum absolute atomic E-state index is 13.1. The fraction of sp³-hybridized carbons (Fsp3) is 0.261. The van der Waals surface area contributed by atoms with Gasteiger partial charge in [-0.25, -0.2) is 9.37 Å². The number of amides is 1. The van der Waals surface area contributed by atoms with Crippen molar-refractivity contribution in [1.29, 1.82) is 5.41 Å². The van der Waals surface area contributed by atoms with Crippen LogP contribution in [0.25, 0.3) is 11.3 Å². The van der Waals surface area contributed by atoms with Crippen LogP contribution in [0.3, 0.4) is 0 Å². The van der Waals surface area contributed by atoms with Gasteiger partial charge >= 0.3 is 0 Å². The molecule has 1 amide bonds. The number of amidine groups is 1. The minimum Gasteiger partial charge on any atom is -0.496 e. The summed E-state index contributed by atoms with van der Waals surface area (Å²) in [5.74, 6) is 0.485. The summed E-state index contributed by atoms with van der Waals surface area (Å²) in [7, 11) is 1.46. The van der Waals surface area contributed by atoms with Crippen LogP contribution in [0.5, 0.6) is 5.75 Å². The van der Waals surface area contributed by atoms with E-state index < -0.39 is 18.6 Å². The fourth-order valence-electron chi connectivity index (χ4n) is 3.20. The van der Waals surface area contributed by atoms with Crippen LogP contribution in [0.4, 0.5) is 4.39 Å². The lowest BCUT2D eigenvalue weighted by Crippen LogP contribution is -2.31. The van der Waals surface area contributed by atoms with E-state index in [9.17, 15) is 9.18 Å². The number of carbonyl (C=O) groups excluding carboxylic acids is 1. The second kappa shape index (κ2) is 11.7. The molecule has 1 heterocycles. The van der Waals surface area contributed by atoms with Crippen LogP contribution in [-0.2, 0) is 0 Å². The molecule has 0 aliphatic rings. The van der Waals surface area contributed by atoms with Crippen molar-refractivity contribution in [2.75, 3.05) is 20.3 Å². The molecule has 0 fully saturated rings. The van der Waals surface area contributed by atoms with Crippen LogP contribution in [0.15, 0.2) is 53.1 Å². The van der Waals surface area contributed by atoms with Crippen molar-refractivity contribution < 1.29 is 18.3 Å². The molecule has 3 N–H and O–H groups in total. The van der Waals surface area contributed by atoms with Crippen molar-refractivity contribution in [1.82, 2.24) is 15.6 Å². The van der Waals surface area contributed by atoms with Crippen LogP contribution in [0, 0.1) is 5.41 Å². The molecule has 7 nitrogen and oxygen atoms in total. The van der Waals surface area contributed by atoms with Gasteiger partial charge in [-0.1, -0.05) is 41.4 Å². The van der Waals surface area contributed by atoms with Gasteiger partial charge < -0.3 is 19.8 Å². The zero-order chi connectivity index (χ0) is 23.8. The summed E-state index contributed by atoms with van der Waals surface area (Å²) in [5.41, 5.74) is 0.947. The molecule has 0 aliphatic heterocycles. The van der Waals surface area contributed by atoms with Gasteiger partial charge in [-0.05, 0) is 37.1 Å². The Balaban J connectivity index is 1.82. The van der Waals surface area contributed by atoms with Crippen molar-refractivity contribution in [2.24, 2.45) is 0 Å². The van der Waals surface area contributed by atoms with Gasteiger partial charge in [-0.15, -0.1) is 0 Å². The first-order valence-electron chi connectivity index (χ1n) is 10.1. The van der Waals surface area contributed by atoms with E-state index >= 15 is 0 Å². The van der Waals surface area contributed by atoms with E-state index in [1.807, 2.05) is 6.07 Å². The molecule has 174 valence electrons. The first kappa shape index (κ1) is 24.5. The number of oxazole rings is 1. The summed E-state index contributed by atoms with van der Waals surface area (Å²) in [6.45, 7) is -0.512. The van der Waals surface area contributed by atoms with Gasteiger partial charge in [-0.3, -0.25) is 10.2 Å². The van der Waals surface area contributed by atoms with Gasteiger partial charge in [0.2, 0.25) is 5.89 Å². The Labute approximate surface area is 200 Å². The summed E-state index contributed by atoms with van der Waals surface area (Å²) >= 11 is 12.3. The summed E-state index contributed by atoms with van der Waals surface area (Å²) in [4.78, 5) is 17.4. The van der Waals surface area contributed by atoms with E-state index in [4.69, 9.17) is 37.8 Å². The predicted octanol–water partition coefficient (Wildman–Crippen LogP) is 5.44. The first-order chi connectivity index (χ1) is 15.9. The first-order valence-corrected chi connectivity index (χ1v) is 10.9. The number of hydrogen-bond donors (Lipinski definition) is 3. The standard InChI is InChI=1S/C23H23Cl2FN4O3/c1-32-18-9-3-7-16(25)21(18)22(31)30-17(8-4-10-28-20(27)12-26)23-29-13-19(33-23)14-5-2-6-15(24)11-14/h2-3,5-7,9,11,13,17H,4,8,10,12H2,1H3,(H2,27,28)(H,30,31). The van der Waals surface area contributed by atoms with Gasteiger partial charge in [0.25, 0.3) is 5.91 Å². The topological polar surface area (TPSA) is 100 Å². The second-order valence-electron chi connectivity index (χ2n) is 7.10. The third-order valence-corrected chi connectivity index (χ3v) is 5.35. The number of nitrogens with zero attached hydrogens (tertiary/aromatic N) is 1. The number of carbonyl (C=O) groups is 1. The number of alkyl halides is 1. The highest BCUT2D eigenvalue weighted by atomic mass is 35.5. The molecule has 0 saturated carbocycles. The molecule has 3 aromatic rings. The lowest BCUT2D eigenvalue weighted by molar-refractivity contribution is 0.0924. The van der Waals surface area contributed by atoms with Crippen molar-refractivity contribution in [2.45, 2.75) is 18.9 Å². The highest BCUT2D eigenvalue weighted by Crippen LogP contribution is 2.30. The molecule has 0 saturated heterocycles. The van der Waals surface area contributed by atoms with Gasteiger partial charge in [0, 0.05) is 17.1 Å². The molecule has 1 atom stereocenters. The number of aromatic nitrogens is 1. The maximum Gasteiger partial charge on any atom is 0.257 e. The quantitative estimate of drug-likeness (QED) is 0.198. The third-order valence-electron chi connectivity index (χ3n) is 4.80. The molecule has 2 aromatic carbocycles. The average Bonchev–Trinajstić information content (AvgIpc) is 3.30. The van der Waals surface area contributed by atoms with Gasteiger partial charge in [0.1, 0.15) is 24.3 Å². The van der Waals surface area contributed by atoms with Crippen LogP contribution >= 0.6 is 23.2 Å². The number of hydrogen-bond acceptors (Lipinski definition) is 5. The molecule has 10 heteroatoms. The molecule has 1 unspecified atom stereocenters. The zero-order valence-electron chi connectivity index (χ0n) is 17.8. The summed E-state index contributed by atoms with van der Waals surface area (Å²) < 4.78 is 23.7. The smallest absolute Gasteiger partial charge is 0.257 e. The largest absolute Gasteiger partial charge is 0.496 e. The van der Waals surface area contributed by atoms with Crippen LogP contribution in [0.1, 0.15) is 35.1 Å². The Morgan fingerprint density at radius 1 is 1.27 bits per heavy atom. The Hall–Kier alpha value is -3.10. The van der Waals surface area contributed by atoms with Crippen molar-refractivity contribution in [3.8, 4) is 17.1 Å². The number of nitrogens with one attached hydrogen (secondary N) is 3. The maximum atomic E-state index is 13.1. The van der Waals surface area contributed by atoms with Crippen LogP contribution in [-0.4, -0.2) is 37.1 Å². The van der Waals surface area contributed by atoms with Gasteiger partial charge in [0.15, 0.2) is 5.76 Å². The van der Waals surface area contributed by atoms with E-state index in [1.54, 1.807) is 42.6 Å². The van der Waals surface area contributed by atoms with E-state index in [1.165, 1.54) is 7.11 Å². The molecule has 3 rings (SSSR count). The van der Waals surface area contributed by atoms with E-state index in [2.05, 4.69) is 15.6 Å². The highest BCUT2D eigenvalue weighted by Gasteiger charge is 2.24. The predicted molar refractivity (Wildman–Crippen MR) is 126 cm³/mol.